The van der Waals surface area contributed by atoms with E-state index in [9.17, 15) is 0 Å². The van der Waals surface area contributed by atoms with Crippen LogP contribution in [0.25, 0.3) is 27.9 Å². The minimum Gasteiger partial charge on any atom is -0.456 e. The second kappa shape index (κ2) is 5.79. The average molecular weight is 341 g/mol. The first-order valence-electron chi connectivity index (χ1n) is 8.28. The maximum absolute atomic E-state index is 6.38. The predicted molar refractivity (Wildman–Crippen MR) is 98.5 cm³/mol. The van der Waals surface area contributed by atoms with E-state index in [1.54, 1.807) is 23.1 Å². The molecule has 0 spiro atoms. The van der Waals surface area contributed by atoms with Gasteiger partial charge in [0.2, 0.25) is 0 Å². The van der Waals surface area contributed by atoms with Gasteiger partial charge >= 0.3 is 0 Å². The van der Waals surface area contributed by atoms with Gasteiger partial charge < -0.3 is 10.2 Å². The molecule has 0 fully saturated rings. The van der Waals surface area contributed by atoms with Crippen molar-refractivity contribution in [1.82, 2.24) is 19.6 Å². The van der Waals surface area contributed by atoms with Gasteiger partial charge in [-0.3, -0.25) is 4.98 Å². The van der Waals surface area contributed by atoms with Gasteiger partial charge in [0.15, 0.2) is 5.65 Å². The van der Waals surface area contributed by atoms with E-state index in [0.717, 1.165) is 33.6 Å². The Hall–Kier alpha value is -3.51. The minimum atomic E-state index is -0.332. The normalized spacial score (nSPS) is 12.7. The van der Waals surface area contributed by atoms with E-state index in [4.69, 9.17) is 15.1 Å². The number of furan rings is 1. The summed E-state index contributed by atoms with van der Waals surface area (Å²) in [4.78, 5) is 8.79. The lowest BCUT2D eigenvalue weighted by atomic mass is 10.1. The average Bonchev–Trinajstić information content (AvgIpc) is 3.31. The van der Waals surface area contributed by atoms with Crippen LogP contribution in [0, 0.1) is 0 Å². The van der Waals surface area contributed by atoms with Gasteiger partial charge in [-0.1, -0.05) is 18.2 Å². The van der Waals surface area contributed by atoms with Gasteiger partial charge in [-0.05, 0) is 35.9 Å². The summed E-state index contributed by atoms with van der Waals surface area (Å²) >= 11 is 0. The number of hydrogen-bond donors (Lipinski definition) is 1. The van der Waals surface area contributed by atoms with Crippen LogP contribution in [0.4, 0.5) is 0 Å². The first-order valence-corrected chi connectivity index (χ1v) is 8.28. The topological polar surface area (TPSA) is 82.2 Å². The van der Waals surface area contributed by atoms with Crippen molar-refractivity contribution in [3.63, 3.8) is 0 Å². The van der Waals surface area contributed by atoms with Crippen LogP contribution in [-0.4, -0.2) is 19.6 Å². The Labute approximate surface area is 148 Å². The Kier molecular flexibility index (Phi) is 3.29. The highest BCUT2D eigenvalue weighted by molar-refractivity contribution is 5.85. The Balaban J connectivity index is 1.63. The van der Waals surface area contributed by atoms with Crippen molar-refractivity contribution < 1.29 is 4.42 Å². The van der Waals surface area contributed by atoms with Crippen LogP contribution >= 0.6 is 0 Å². The van der Waals surface area contributed by atoms with E-state index >= 15 is 0 Å². The van der Waals surface area contributed by atoms with Crippen LogP contribution in [0.3, 0.4) is 0 Å². The highest BCUT2D eigenvalue weighted by Crippen LogP contribution is 2.30. The van der Waals surface area contributed by atoms with Crippen LogP contribution < -0.4 is 5.73 Å². The van der Waals surface area contributed by atoms with E-state index in [0.29, 0.717) is 5.65 Å². The van der Waals surface area contributed by atoms with Crippen molar-refractivity contribution in [3.05, 3.63) is 84.6 Å². The molecule has 1 unspecified atom stereocenters. The summed E-state index contributed by atoms with van der Waals surface area (Å²) in [6.45, 7) is 0. The summed E-state index contributed by atoms with van der Waals surface area (Å²) in [6.07, 6.45) is 7.09. The van der Waals surface area contributed by atoms with Crippen LogP contribution in [-0.2, 0) is 0 Å². The van der Waals surface area contributed by atoms with Gasteiger partial charge in [-0.15, -0.1) is 0 Å². The molecular formula is C20H15N5O. The third-order valence-electron chi connectivity index (χ3n) is 4.47. The van der Waals surface area contributed by atoms with Crippen molar-refractivity contribution in [2.75, 3.05) is 0 Å². The van der Waals surface area contributed by atoms with Crippen LogP contribution in [0.2, 0.25) is 0 Å². The molecule has 0 bridgehead atoms. The van der Waals surface area contributed by atoms with Crippen LogP contribution in [0.15, 0.2) is 77.7 Å². The smallest absolute Gasteiger partial charge is 0.166 e. The van der Waals surface area contributed by atoms with Gasteiger partial charge in [-0.25, -0.2) is 9.50 Å². The fourth-order valence-corrected chi connectivity index (χ4v) is 3.09. The molecule has 26 heavy (non-hydrogen) atoms. The summed E-state index contributed by atoms with van der Waals surface area (Å²) in [7, 11) is 0. The molecule has 5 rings (SSSR count). The van der Waals surface area contributed by atoms with Crippen molar-refractivity contribution in [3.8, 4) is 11.3 Å². The van der Waals surface area contributed by atoms with Crippen molar-refractivity contribution >= 4 is 16.6 Å². The highest BCUT2D eigenvalue weighted by Gasteiger charge is 2.16. The molecule has 6 nitrogen and oxygen atoms in total. The Morgan fingerprint density at radius 2 is 1.88 bits per heavy atom. The zero-order valence-electron chi connectivity index (χ0n) is 13.8. The molecule has 0 saturated heterocycles. The number of rotatable bonds is 3. The number of fused-ring (bicyclic) bond motifs is 2. The maximum Gasteiger partial charge on any atom is 0.166 e. The molecule has 0 aliphatic heterocycles. The van der Waals surface area contributed by atoms with Crippen molar-refractivity contribution in [1.29, 1.82) is 0 Å². The molecule has 6 heteroatoms. The van der Waals surface area contributed by atoms with Gasteiger partial charge in [0.1, 0.15) is 11.3 Å². The summed E-state index contributed by atoms with van der Waals surface area (Å²) in [5.41, 5.74) is 10.5. The van der Waals surface area contributed by atoms with E-state index in [-0.39, 0.29) is 6.04 Å². The van der Waals surface area contributed by atoms with E-state index in [1.807, 2.05) is 54.7 Å². The number of hydrogen-bond acceptors (Lipinski definition) is 5. The molecule has 2 N–H and O–H groups in total. The summed E-state index contributed by atoms with van der Waals surface area (Å²) < 4.78 is 7.70. The zero-order valence-corrected chi connectivity index (χ0v) is 13.8. The lowest BCUT2D eigenvalue weighted by Crippen LogP contribution is -2.14. The Morgan fingerprint density at radius 3 is 2.73 bits per heavy atom. The molecule has 0 saturated carbocycles. The summed E-state index contributed by atoms with van der Waals surface area (Å²) in [5.74, 6) is 0.739. The summed E-state index contributed by atoms with van der Waals surface area (Å²) in [6, 6.07) is 15.3. The van der Waals surface area contributed by atoms with Crippen LogP contribution in [0.5, 0.6) is 0 Å². The molecule has 0 aliphatic carbocycles. The second-order valence-corrected chi connectivity index (χ2v) is 6.09. The number of aromatic nitrogens is 4. The first-order chi connectivity index (χ1) is 12.8. The highest BCUT2D eigenvalue weighted by atomic mass is 16.3. The Morgan fingerprint density at radius 1 is 1.04 bits per heavy atom. The maximum atomic E-state index is 6.38. The quantitative estimate of drug-likeness (QED) is 0.542. The predicted octanol–water partition coefficient (Wildman–Crippen LogP) is 3.59. The third kappa shape index (κ3) is 2.35. The second-order valence-electron chi connectivity index (χ2n) is 6.09. The zero-order chi connectivity index (χ0) is 17.5. The lowest BCUT2D eigenvalue weighted by molar-refractivity contribution is 0.632. The number of pyridine rings is 1. The molecular weight excluding hydrogens is 326 g/mol. The molecule has 0 aliphatic rings. The van der Waals surface area contributed by atoms with Crippen LogP contribution in [0.1, 0.15) is 17.3 Å². The monoisotopic (exact) mass is 341 g/mol. The minimum absolute atomic E-state index is 0.332. The largest absolute Gasteiger partial charge is 0.456 e. The van der Waals surface area contributed by atoms with Crippen molar-refractivity contribution in [2.24, 2.45) is 5.73 Å². The first kappa shape index (κ1) is 14.8. The van der Waals surface area contributed by atoms with Crippen molar-refractivity contribution in [2.45, 2.75) is 6.04 Å². The fourth-order valence-electron chi connectivity index (χ4n) is 3.09. The number of nitrogens with two attached hydrogens (primary N) is 1. The standard InChI is InChI=1S/C20H15N5O/c21-19(13-5-8-22-9-6-13)16-7-10-25-20(24-16)15(12-23-25)18-11-14-3-1-2-4-17(14)26-18/h1-12,19H,21H2. The molecule has 1 atom stereocenters. The molecule has 1 aromatic carbocycles. The molecule has 5 aromatic rings. The molecule has 4 aromatic heterocycles. The van der Waals surface area contributed by atoms with Gasteiger partial charge in [0.25, 0.3) is 0 Å². The van der Waals surface area contributed by atoms with Gasteiger partial charge in [0, 0.05) is 24.0 Å². The molecule has 0 amide bonds. The number of benzene rings is 1. The molecule has 4 heterocycles. The van der Waals surface area contributed by atoms with E-state index < -0.39 is 0 Å². The summed E-state index contributed by atoms with van der Waals surface area (Å²) in [5, 5.41) is 5.43. The molecule has 126 valence electrons. The third-order valence-corrected chi connectivity index (χ3v) is 4.47. The van der Waals surface area contributed by atoms with Gasteiger partial charge in [0.05, 0.1) is 23.5 Å². The number of nitrogens with zero attached hydrogens (tertiary/aromatic N) is 4. The van der Waals surface area contributed by atoms with Gasteiger partial charge in [-0.2, -0.15) is 5.10 Å². The SMILES string of the molecule is NC(c1ccncc1)c1ccn2ncc(-c3cc4ccccc4o3)c2n1. The Bertz CT molecular complexity index is 1180. The fraction of sp³-hybridized carbons (Fsp3) is 0.0500. The molecule has 0 radical (unpaired) electrons. The lowest BCUT2D eigenvalue weighted by Gasteiger charge is -2.11. The van der Waals surface area contributed by atoms with E-state index in [2.05, 4.69) is 10.1 Å². The van der Waals surface area contributed by atoms with E-state index in [1.165, 1.54) is 0 Å². The number of para-hydroxylation sites is 1.